The highest BCUT2D eigenvalue weighted by Crippen LogP contribution is 2.17. The lowest BCUT2D eigenvalue weighted by Crippen LogP contribution is -2.45. The zero-order chi connectivity index (χ0) is 25.2. The molecule has 0 spiro atoms. The van der Waals surface area contributed by atoms with Crippen molar-refractivity contribution in [1.29, 1.82) is 0 Å². The number of hydrogen-bond acceptors (Lipinski definition) is 4. The van der Waals surface area contributed by atoms with E-state index in [-0.39, 0.29) is 5.91 Å². The van der Waals surface area contributed by atoms with Gasteiger partial charge in [-0.1, -0.05) is 79.7 Å². The Balaban J connectivity index is 1.37. The first kappa shape index (κ1) is 25.4. The molecule has 3 aromatic rings. The number of carbonyl (C=O) groups excluding carboxylic acids is 2. The van der Waals surface area contributed by atoms with Crippen LogP contribution in [0.1, 0.15) is 29.7 Å². The van der Waals surface area contributed by atoms with Crippen LogP contribution in [0.3, 0.4) is 0 Å². The maximum Gasteiger partial charge on any atom is 0.315 e. The number of urea groups is 1. The topological polar surface area (TPSA) is 76.7 Å². The molecular weight excluding hydrogens is 450 g/mol. The van der Waals surface area contributed by atoms with Gasteiger partial charge in [-0.25, -0.2) is 4.79 Å². The fourth-order valence-electron chi connectivity index (χ4n) is 4.43. The molecule has 0 aromatic heterocycles. The molecule has 0 radical (unpaired) electrons. The maximum absolute atomic E-state index is 13.1. The molecule has 7 heteroatoms. The van der Waals surface area contributed by atoms with Crippen molar-refractivity contribution in [2.24, 2.45) is 0 Å². The first-order valence-corrected chi connectivity index (χ1v) is 12.6. The molecule has 0 saturated carbocycles. The number of amides is 3. The molecule has 1 atom stereocenters. The fourth-order valence-corrected chi connectivity index (χ4v) is 4.43. The quantitative estimate of drug-likeness (QED) is 0.428. The van der Waals surface area contributed by atoms with Crippen molar-refractivity contribution in [2.45, 2.75) is 26.1 Å². The van der Waals surface area contributed by atoms with Crippen LogP contribution < -0.4 is 16.0 Å². The van der Waals surface area contributed by atoms with Crippen molar-refractivity contribution in [2.75, 3.05) is 38.0 Å². The van der Waals surface area contributed by atoms with Crippen molar-refractivity contribution >= 4 is 17.6 Å². The van der Waals surface area contributed by atoms with Gasteiger partial charge in [-0.2, -0.15) is 0 Å². The van der Waals surface area contributed by atoms with E-state index in [9.17, 15) is 9.59 Å². The summed E-state index contributed by atoms with van der Waals surface area (Å²) in [5.41, 5.74) is 3.69. The molecule has 4 rings (SSSR count). The van der Waals surface area contributed by atoms with Gasteiger partial charge >= 0.3 is 6.03 Å². The minimum Gasteiger partial charge on any atom is -0.334 e. The Morgan fingerprint density at radius 2 is 1.36 bits per heavy atom. The Hall–Kier alpha value is -3.68. The van der Waals surface area contributed by atoms with Crippen LogP contribution in [0.25, 0.3) is 0 Å². The van der Waals surface area contributed by atoms with Crippen molar-refractivity contribution in [3.05, 3.63) is 102 Å². The van der Waals surface area contributed by atoms with Gasteiger partial charge in [0.15, 0.2) is 0 Å². The molecule has 1 heterocycles. The average Bonchev–Trinajstić information content (AvgIpc) is 2.92. The molecule has 1 saturated heterocycles. The van der Waals surface area contributed by atoms with Crippen molar-refractivity contribution in [3.8, 4) is 0 Å². The third-order valence-corrected chi connectivity index (χ3v) is 6.58. The lowest BCUT2D eigenvalue weighted by molar-refractivity contribution is -0.118. The summed E-state index contributed by atoms with van der Waals surface area (Å²) in [5, 5.41) is 8.70. The summed E-state index contributed by atoms with van der Waals surface area (Å²) >= 11 is 0. The Morgan fingerprint density at radius 3 is 2.03 bits per heavy atom. The predicted molar refractivity (Wildman–Crippen MR) is 143 cm³/mol. The summed E-state index contributed by atoms with van der Waals surface area (Å²) in [6.07, 6.45) is 0. The molecule has 3 aromatic carbocycles. The van der Waals surface area contributed by atoms with Crippen LogP contribution in [-0.2, 0) is 17.9 Å². The summed E-state index contributed by atoms with van der Waals surface area (Å²) < 4.78 is 0. The van der Waals surface area contributed by atoms with Crippen molar-refractivity contribution in [1.82, 2.24) is 20.4 Å². The van der Waals surface area contributed by atoms with Crippen molar-refractivity contribution in [3.63, 3.8) is 0 Å². The molecule has 3 N–H and O–H groups in total. The van der Waals surface area contributed by atoms with Gasteiger partial charge < -0.3 is 20.9 Å². The molecule has 188 valence electrons. The standard InChI is InChI=1S/C29H35N5O2/c1-2-33-17-19-34(20-18-33)22-25-14-10-9-13-24(25)21-30-29(36)32-27(23-11-5-3-6-12-23)28(35)31-26-15-7-4-8-16-26/h3-16,27H,2,17-22H2,1H3,(H,31,35)(H2,30,32,36). The smallest absolute Gasteiger partial charge is 0.315 e. The van der Waals surface area contributed by atoms with E-state index in [4.69, 9.17) is 0 Å². The second kappa shape index (κ2) is 12.9. The number of rotatable bonds is 9. The van der Waals surface area contributed by atoms with E-state index in [2.05, 4.69) is 44.8 Å². The Labute approximate surface area is 213 Å². The number of nitrogens with zero attached hydrogens (tertiary/aromatic N) is 2. The average molecular weight is 486 g/mol. The monoisotopic (exact) mass is 485 g/mol. The molecule has 7 nitrogen and oxygen atoms in total. The van der Waals surface area contributed by atoms with Crippen LogP contribution in [0, 0.1) is 0 Å². The van der Waals surface area contributed by atoms with E-state index in [0.29, 0.717) is 17.8 Å². The molecule has 0 bridgehead atoms. The number of piperazine rings is 1. The van der Waals surface area contributed by atoms with Crippen LogP contribution >= 0.6 is 0 Å². The fraction of sp³-hybridized carbons (Fsp3) is 0.310. The Kier molecular flexibility index (Phi) is 9.08. The second-order valence-electron chi connectivity index (χ2n) is 9.01. The summed E-state index contributed by atoms with van der Waals surface area (Å²) in [5.74, 6) is -0.297. The molecule has 1 aliphatic heterocycles. The summed E-state index contributed by atoms with van der Waals surface area (Å²) in [7, 11) is 0. The minimum absolute atomic E-state index is 0.297. The van der Waals surface area contributed by atoms with Gasteiger partial charge in [0, 0.05) is 45.0 Å². The van der Waals surface area contributed by atoms with Gasteiger partial charge in [0.25, 0.3) is 5.91 Å². The largest absolute Gasteiger partial charge is 0.334 e. The van der Waals surface area contributed by atoms with Gasteiger partial charge in [-0.05, 0) is 35.4 Å². The van der Waals surface area contributed by atoms with Crippen LogP contribution in [0.5, 0.6) is 0 Å². The summed E-state index contributed by atoms with van der Waals surface area (Å²) in [6, 6.07) is 25.5. The molecule has 1 aliphatic rings. The maximum atomic E-state index is 13.1. The number of likely N-dealkylation sites (N-methyl/N-ethyl adjacent to an activating group) is 1. The van der Waals surface area contributed by atoms with Gasteiger partial charge in [0.1, 0.15) is 6.04 Å². The normalized spacial score (nSPS) is 15.1. The highest BCUT2D eigenvalue weighted by atomic mass is 16.2. The highest BCUT2D eigenvalue weighted by Gasteiger charge is 2.23. The molecule has 0 aliphatic carbocycles. The molecule has 3 amide bonds. The molecule has 36 heavy (non-hydrogen) atoms. The Morgan fingerprint density at radius 1 is 0.778 bits per heavy atom. The lowest BCUT2D eigenvalue weighted by atomic mass is 10.1. The number of benzene rings is 3. The zero-order valence-corrected chi connectivity index (χ0v) is 20.8. The van der Waals surface area contributed by atoms with E-state index in [1.54, 1.807) is 0 Å². The molecular formula is C29H35N5O2. The van der Waals surface area contributed by atoms with E-state index >= 15 is 0 Å². The van der Waals surface area contributed by atoms with Crippen LogP contribution in [0.4, 0.5) is 10.5 Å². The highest BCUT2D eigenvalue weighted by molar-refractivity contribution is 5.97. The summed E-state index contributed by atoms with van der Waals surface area (Å²) in [4.78, 5) is 30.9. The van der Waals surface area contributed by atoms with E-state index in [0.717, 1.165) is 44.8 Å². The van der Waals surface area contributed by atoms with E-state index < -0.39 is 12.1 Å². The van der Waals surface area contributed by atoms with Crippen molar-refractivity contribution < 1.29 is 9.59 Å². The van der Waals surface area contributed by atoms with Gasteiger partial charge in [-0.15, -0.1) is 0 Å². The number of hydrogen-bond donors (Lipinski definition) is 3. The number of nitrogens with one attached hydrogen (secondary N) is 3. The molecule has 1 unspecified atom stereocenters. The van der Waals surface area contributed by atoms with Crippen LogP contribution in [0.15, 0.2) is 84.9 Å². The second-order valence-corrected chi connectivity index (χ2v) is 9.01. The number of carbonyl (C=O) groups is 2. The van der Waals surface area contributed by atoms with E-state index in [1.807, 2.05) is 72.8 Å². The lowest BCUT2D eigenvalue weighted by Gasteiger charge is -2.34. The number of para-hydroxylation sites is 1. The van der Waals surface area contributed by atoms with E-state index in [1.165, 1.54) is 5.56 Å². The predicted octanol–water partition coefficient (Wildman–Crippen LogP) is 4.00. The third kappa shape index (κ3) is 7.16. The summed E-state index contributed by atoms with van der Waals surface area (Å²) in [6.45, 7) is 8.82. The van der Waals surface area contributed by atoms with Crippen LogP contribution in [-0.4, -0.2) is 54.5 Å². The van der Waals surface area contributed by atoms with Gasteiger partial charge in [-0.3, -0.25) is 9.69 Å². The number of anilines is 1. The third-order valence-electron chi connectivity index (χ3n) is 6.58. The van der Waals surface area contributed by atoms with Gasteiger partial charge in [0.05, 0.1) is 0 Å². The SMILES string of the molecule is CCN1CCN(Cc2ccccc2CNC(=O)NC(C(=O)Nc2ccccc2)c2ccccc2)CC1. The zero-order valence-electron chi connectivity index (χ0n) is 20.8. The minimum atomic E-state index is -0.823. The first-order chi connectivity index (χ1) is 17.6. The van der Waals surface area contributed by atoms with Crippen LogP contribution in [0.2, 0.25) is 0 Å². The molecule has 1 fully saturated rings. The first-order valence-electron chi connectivity index (χ1n) is 12.6. The van der Waals surface area contributed by atoms with Gasteiger partial charge in [0.2, 0.25) is 0 Å². The Bertz CT molecular complexity index is 1110.